The van der Waals surface area contributed by atoms with Crippen molar-refractivity contribution in [2.45, 2.75) is 45.6 Å². The Morgan fingerprint density at radius 2 is 1.90 bits per heavy atom. The highest BCUT2D eigenvalue weighted by atomic mass is 16.2. The molecule has 2 unspecified atom stereocenters. The van der Waals surface area contributed by atoms with Gasteiger partial charge in [0.2, 0.25) is 11.8 Å². The summed E-state index contributed by atoms with van der Waals surface area (Å²) in [5.41, 5.74) is -0.400. The maximum absolute atomic E-state index is 13.0. The number of likely N-dealkylation sites (tertiary alicyclic amines) is 1. The lowest BCUT2D eigenvalue weighted by molar-refractivity contribution is -0.150. The average Bonchev–Trinajstić information content (AvgIpc) is 2.95. The molecular formula is C16H29N3O2. The number of hydrogen-bond donors (Lipinski definition) is 1. The van der Waals surface area contributed by atoms with Crippen molar-refractivity contribution in [3.05, 3.63) is 0 Å². The van der Waals surface area contributed by atoms with E-state index in [-0.39, 0.29) is 17.9 Å². The molecule has 0 aliphatic carbocycles. The molecule has 120 valence electrons. The normalized spacial score (nSPS) is 26.8. The fourth-order valence-corrected chi connectivity index (χ4v) is 3.58. The summed E-state index contributed by atoms with van der Waals surface area (Å²) in [5.74, 6) is 0.557. The van der Waals surface area contributed by atoms with E-state index in [4.69, 9.17) is 0 Å². The molecule has 0 spiro atoms. The van der Waals surface area contributed by atoms with Gasteiger partial charge in [0.15, 0.2) is 0 Å². The number of piperidine rings is 1. The van der Waals surface area contributed by atoms with Crippen LogP contribution < -0.4 is 5.32 Å². The van der Waals surface area contributed by atoms with E-state index < -0.39 is 5.41 Å². The van der Waals surface area contributed by atoms with Gasteiger partial charge < -0.3 is 15.1 Å². The Labute approximate surface area is 128 Å². The Morgan fingerprint density at radius 1 is 1.19 bits per heavy atom. The van der Waals surface area contributed by atoms with Gasteiger partial charge in [-0.3, -0.25) is 9.59 Å². The zero-order valence-corrected chi connectivity index (χ0v) is 13.8. The molecule has 5 nitrogen and oxygen atoms in total. The van der Waals surface area contributed by atoms with Crippen LogP contribution in [0.5, 0.6) is 0 Å². The lowest BCUT2D eigenvalue weighted by Gasteiger charge is -2.40. The van der Waals surface area contributed by atoms with E-state index in [1.165, 1.54) is 0 Å². The third kappa shape index (κ3) is 3.23. The van der Waals surface area contributed by atoms with Crippen molar-refractivity contribution in [2.24, 2.45) is 11.3 Å². The third-order valence-electron chi connectivity index (χ3n) is 5.11. The van der Waals surface area contributed by atoms with E-state index in [0.29, 0.717) is 12.5 Å². The van der Waals surface area contributed by atoms with Crippen LogP contribution in [-0.4, -0.2) is 61.4 Å². The van der Waals surface area contributed by atoms with Crippen LogP contribution in [0, 0.1) is 11.3 Å². The molecule has 0 aromatic heterocycles. The number of hydrogen-bond acceptors (Lipinski definition) is 3. The Kier molecular flexibility index (Phi) is 4.91. The molecule has 5 heteroatoms. The van der Waals surface area contributed by atoms with Crippen LogP contribution in [0.15, 0.2) is 0 Å². The zero-order chi connectivity index (χ0) is 15.6. The molecule has 21 heavy (non-hydrogen) atoms. The maximum atomic E-state index is 13.0. The predicted molar refractivity (Wildman–Crippen MR) is 82.8 cm³/mol. The van der Waals surface area contributed by atoms with Crippen molar-refractivity contribution in [3.8, 4) is 0 Å². The van der Waals surface area contributed by atoms with Gasteiger partial charge in [-0.15, -0.1) is 0 Å². The number of amides is 2. The van der Waals surface area contributed by atoms with E-state index >= 15 is 0 Å². The minimum atomic E-state index is -0.400. The quantitative estimate of drug-likeness (QED) is 0.848. The summed E-state index contributed by atoms with van der Waals surface area (Å²) in [6.07, 6.45) is 3.93. The van der Waals surface area contributed by atoms with Crippen molar-refractivity contribution < 1.29 is 9.59 Å². The van der Waals surface area contributed by atoms with Gasteiger partial charge in [0, 0.05) is 26.1 Å². The Hall–Kier alpha value is -1.10. The fraction of sp³-hybridized carbons (Fsp3) is 0.875. The van der Waals surface area contributed by atoms with Gasteiger partial charge in [-0.1, -0.05) is 13.8 Å². The zero-order valence-electron chi connectivity index (χ0n) is 13.8. The Morgan fingerprint density at radius 3 is 2.48 bits per heavy atom. The van der Waals surface area contributed by atoms with Gasteiger partial charge >= 0.3 is 0 Å². The second-order valence-corrected chi connectivity index (χ2v) is 7.15. The van der Waals surface area contributed by atoms with Crippen LogP contribution in [-0.2, 0) is 9.59 Å². The molecule has 2 heterocycles. The minimum absolute atomic E-state index is 0.0541. The molecule has 2 amide bonds. The highest BCUT2D eigenvalue weighted by molar-refractivity contribution is 5.90. The standard InChI is InChI=1S/C16H29N3O2/c1-16(2,12-7-5-9-17-11-12)15(21)19-10-6-8-13(19)14(20)18(3)4/h12-13,17H,5-11H2,1-4H3. The summed E-state index contributed by atoms with van der Waals surface area (Å²) in [4.78, 5) is 28.7. The molecule has 2 saturated heterocycles. The molecule has 0 bridgehead atoms. The van der Waals surface area contributed by atoms with Gasteiger partial charge in [-0.25, -0.2) is 0 Å². The summed E-state index contributed by atoms with van der Waals surface area (Å²) in [5, 5.41) is 3.39. The molecular weight excluding hydrogens is 266 g/mol. The number of carbonyl (C=O) groups is 2. The first-order valence-electron chi connectivity index (χ1n) is 8.08. The monoisotopic (exact) mass is 295 g/mol. The minimum Gasteiger partial charge on any atom is -0.347 e. The summed E-state index contributed by atoms with van der Waals surface area (Å²) in [6, 6.07) is -0.261. The smallest absolute Gasteiger partial charge is 0.244 e. The molecule has 2 aliphatic heterocycles. The van der Waals surface area contributed by atoms with E-state index in [0.717, 1.165) is 38.8 Å². The highest BCUT2D eigenvalue weighted by Crippen LogP contribution is 2.36. The first-order chi connectivity index (χ1) is 9.85. The molecule has 0 radical (unpaired) electrons. The highest BCUT2D eigenvalue weighted by Gasteiger charge is 2.44. The van der Waals surface area contributed by atoms with Crippen LogP contribution in [0.25, 0.3) is 0 Å². The number of rotatable bonds is 3. The Balaban J connectivity index is 2.11. The Bertz CT molecular complexity index is 400. The molecule has 1 N–H and O–H groups in total. The van der Waals surface area contributed by atoms with Crippen LogP contribution >= 0.6 is 0 Å². The molecule has 0 saturated carbocycles. The summed E-state index contributed by atoms with van der Waals surface area (Å²) < 4.78 is 0. The number of likely N-dealkylation sites (N-methyl/N-ethyl adjacent to an activating group) is 1. The van der Waals surface area contributed by atoms with E-state index in [1.54, 1.807) is 19.0 Å². The molecule has 2 fully saturated rings. The summed E-state index contributed by atoms with van der Waals surface area (Å²) >= 11 is 0. The number of nitrogens with one attached hydrogen (secondary N) is 1. The largest absolute Gasteiger partial charge is 0.347 e. The second-order valence-electron chi connectivity index (χ2n) is 7.15. The molecule has 2 aliphatic rings. The van der Waals surface area contributed by atoms with Crippen LogP contribution in [0.4, 0.5) is 0 Å². The first-order valence-corrected chi connectivity index (χ1v) is 8.08. The molecule has 2 rings (SSSR count). The van der Waals surface area contributed by atoms with Gasteiger partial charge in [0.25, 0.3) is 0 Å². The van der Waals surface area contributed by atoms with Gasteiger partial charge in [0.1, 0.15) is 6.04 Å². The summed E-state index contributed by atoms with van der Waals surface area (Å²) in [6.45, 7) is 6.75. The van der Waals surface area contributed by atoms with Gasteiger partial charge in [0.05, 0.1) is 0 Å². The van der Waals surface area contributed by atoms with Crippen molar-refractivity contribution in [1.29, 1.82) is 0 Å². The summed E-state index contributed by atoms with van der Waals surface area (Å²) in [7, 11) is 3.53. The molecule has 0 aromatic carbocycles. The van der Waals surface area contributed by atoms with E-state index in [1.807, 2.05) is 18.7 Å². The predicted octanol–water partition coefficient (Wildman–Crippen LogP) is 1.09. The van der Waals surface area contributed by atoms with Crippen LogP contribution in [0.1, 0.15) is 39.5 Å². The van der Waals surface area contributed by atoms with Gasteiger partial charge in [-0.05, 0) is 44.7 Å². The van der Waals surface area contributed by atoms with Crippen molar-refractivity contribution >= 4 is 11.8 Å². The lowest BCUT2D eigenvalue weighted by atomic mass is 9.74. The van der Waals surface area contributed by atoms with E-state index in [2.05, 4.69) is 5.32 Å². The van der Waals surface area contributed by atoms with Crippen LogP contribution in [0.3, 0.4) is 0 Å². The average molecular weight is 295 g/mol. The van der Waals surface area contributed by atoms with Crippen LogP contribution in [0.2, 0.25) is 0 Å². The van der Waals surface area contributed by atoms with E-state index in [9.17, 15) is 9.59 Å². The SMILES string of the molecule is CN(C)C(=O)C1CCCN1C(=O)C(C)(C)C1CCCNC1. The topological polar surface area (TPSA) is 52.7 Å². The molecule has 2 atom stereocenters. The number of carbonyl (C=O) groups excluding carboxylic acids is 2. The van der Waals surface area contributed by atoms with Crippen molar-refractivity contribution in [1.82, 2.24) is 15.1 Å². The first kappa shape index (κ1) is 16.3. The third-order valence-corrected chi connectivity index (χ3v) is 5.11. The van der Waals surface area contributed by atoms with Crippen molar-refractivity contribution in [3.63, 3.8) is 0 Å². The fourth-order valence-electron chi connectivity index (χ4n) is 3.58. The number of nitrogens with zero attached hydrogens (tertiary/aromatic N) is 2. The second kappa shape index (κ2) is 6.34. The molecule has 0 aromatic rings. The van der Waals surface area contributed by atoms with Crippen molar-refractivity contribution in [2.75, 3.05) is 33.7 Å². The maximum Gasteiger partial charge on any atom is 0.244 e. The lowest BCUT2D eigenvalue weighted by Crippen LogP contribution is -2.53. The van der Waals surface area contributed by atoms with Gasteiger partial charge in [-0.2, -0.15) is 0 Å².